The molecule has 0 aliphatic heterocycles. The molecule has 0 saturated carbocycles. The van der Waals surface area contributed by atoms with Crippen LogP contribution < -0.4 is 0 Å². The quantitative estimate of drug-likeness (QED) is 0.116. The molecule has 0 saturated heterocycles. The van der Waals surface area contributed by atoms with E-state index in [9.17, 15) is 0 Å². The zero-order valence-corrected chi connectivity index (χ0v) is 36.4. The van der Waals surface area contributed by atoms with Gasteiger partial charge in [0.05, 0.1) is 17.3 Å². The van der Waals surface area contributed by atoms with Crippen LogP contribution >= 0.6 is 0 Å². The van der Waals surface area contributed by atoms with Gasteiger partial charge in [0.25, 0.3) is 8.56 Å². The number of hydrogen-bond acceptors (Lipinski definition) is 6. The minimum absolute atomic E-state index is 0. The Balaban J connectivity index is -0.0000000807. The second-order valence-electron chi connectivity index (χ2n) is 9.49. The molecule has 10 heteroatoms. The van der Waals surface area contributed by atoms with E-state index in [0.717, 1.165) is 11.6 Å². The van der Waals surface area contributed by atoms with E-state index >= 15 is 0 Å². The summed E-state index contributed by atoms with van der Waals surface area (Å²) in [5, 5.41) is 0. The van der Waals surface area contributed by atoms with Gasteiger partial charge < -0.3 is 71.5 Å². The van der Waals surface area contributed by atoms with Crippen molar-refractivity contribution in [2.75, 3.05) is 42.3 Å². The predicted octanol–water partition coefficient (Wildman–Crippen LogP) is 7.88. The Kier molecular flexibility index (Phi) is 40.5. The van der Waals surface area contributed by atoms with Crippen molar-refractivity contribution in [3.63, 3.8) is 0 Å². The Labute approximate surface area is 301 Å². The summed E-state index contributed by atoms with van der Waals surface area (Å²) in [7, 11) is 8.42. The third-order valence-electron chi connectivity index (χ3n) is 5.46. The molecule has 0 fully saturated rings. The molecule has 0 aliphatic carbocycles. The van der Waals surface area contributed by atoms with E-state index in [4.69, 9.17) is 13.3 Å². The van der Waals surface area contributed by atoms with Gasteiger partial charge in [-0.05, 0) is 69.1 Å². The van der Waals surface area contributed by atoms with Gasteiger partial charge in [-0.2, -0.15) is 29.8 Å². The largest absolute Gasteiger partial charge is 4.00 e. The molecule has 2 aromatic rings. The van der Waals surface area contributed by atoms with Crippen molar-refractivity contribution in [3.05, 3.63) is 141 Å². The zero-order chi connectivity index (χ0) is 26.8. The first-order valence-corrected chi connectivity index (χ1v) is 15.7. The van der Waals surface area contributed by atoms with Gasteiger partial charge in [0, 0.05) is 6.04 Å². The summed E-state index contributed by atoms with van der Waals surface area (Å²) in [5.74, 6) is 1.67. The number of allylic oxidation sites excluding steroid dienone is 3. The fourth-order valence-electron chi connectivity index (χ4n) is 4.23. The van der Waals surface area contributed by atoms with Gasteiger partial charge in [0.1, 0.15) is 0 Å². The smallest absolute Gasteiger partial charge is 0.489 e. The molecular formula is C33H63N3O3Pt2Si2. The summed E-state index contributed by atoms with van der Waals surface area (Å²) < 4.78 is 24.6. The van der Waals surface area contributed by atoms with Crippen LogP contribution in [0, 0.1) is 44.6 Å². The molecule has 0 bridgehead atoms. The van der Waals surface area contributed by atoms with Crippen LogP contribution in [0.3, 0.4) is 0 Å². The van der Waals surface area contributed by atoms with Gasteiger partial charge in [-0.15, -0.1) is 5.56 Å². The number of rotatable bonds is 13. The summed E-state index contributed by atoms with van der Waals surface area (Å²) >= 11 is 0. The van der Waals surface area contributed by atoms with E-state index in [-0.39, 0.29) is 86.7 Å². The molecule has 0 aromatic heterocycles. The molecule has 2 rings (SSSR count). The van der Waals surface area contributed by atoms with Gasteiger partial charge in [0.15, 0.2) is 0 Å². The van der Waals surface area contributed by atoms with Gasteiger partial charge >= 0.3 is 50.9 Å². The van der Waals surface area contributed by atoms with E-state index in [0.29, 0.717) is 23.3 Å². The van der Waals surface area contributed by atoms with Crippen molar-refractivity contribution in [1.29, 1.82) is 0 Å². The second kappa shape index (κ2) is 28.5. The first-order chi connectivity index (χ1) is 16.2. The van der Waals surface area contributed by atoms with Crippen molar-refractivity contribution in [2.24, 2.45) is 0 Å². The second-order valence-corrected chi connectivity index (χ2v) is 16.4. The molecule has 0 atom stereocenters. The Morgan fingerprint density at radius 2 is 0.767 bits per heavy atom. The molecule has 0 spiro atoms. The van der Waals surface area contributed by atoms with Gasteiger partial charge in [-0.3, -0.25) is 0 Å². The summed E-state index contributed by atoms with van der Waals surface area (Å²) in [4.78, 5) is 0. The van der Waals surface area contributed by atoms with Gasteiger partial charge in [-0.1, -0.05) is 19.7 Å². The van der Waals surface area contributed by atoms with Crippen molar-refractivity contribution < 1.29 is 55.4 Å². The van der Waals surface area contributed by atoms with E-state index in [1.54, 1.807) is 20.8 Å². The van der Waals surface area contributed by atoms with E-state index in [1.165, 1.54) is 5.56 Å². The SMILES string of the molecule is C=C(C)O[Si](C[c-]1cccc1)(OC(=C)C)OC(=C)C.CN(C)[Si](C[c-]1cccc1)(N(C)C)N(C)C.[CH3-].[CH3-].[CH3-].[CH3-].[CH3-].[CH3-].[Pt+4].[Pt+4]. The van der Waals surface area contributed by atoms with Crippen molar-refractivity contribution in [2.45, 2.75) is 32.9 Å². The molecule has 0 amide bonds. The molecule has 0 N–H and O–H groups in total. The zero-order valence-electron chi connectivity index (χ0n) is 29.9. The topological polar surface area (TPSA) is 37.4 Å². The fraction of sp³-hybridized carbons (Fsp3) is 0.333. The van der Waals surface area contributed by atoms with Crippen LogP contribution in [0.1, 0.15) is 31.9 Å². The summed E-state index contributed by atoms with van der Waals surface area (Å²) in [6.45, 7) is 16.7. The summed E-state index contributed by atoms with van der Waals surface area (Å²) in [6.07, 6.45) is 0. The Morgan fingerprint density at radius 1 is 0.535 bits per heavy atom. The summed E-state index contributed by atoms with van der Waals surface area (Å²) in [5.41, 5.74) is 2.53. The molecule has 0 heterocycles. The maximum Gasteiger partial charge on any atom is 4.00 e. The van der Waals surface area contributed by atoms with Crippen LogP contribution in [0.4, 0.5) is 0 Å². The minimum atomic E-state index is -2.99. The molecule has 0 radical (unpaired) electrons. The first-order valence-electron chi connectivity index (χ1n) is 11.7. The molecule has 2 aromatic carbocycles. The fourth-order valence-corrected chi connectivity index (χ4v) is 11.0. The summed E-state index contributed by atoms with van der Waals surface area (Å²) in [6, 6.07) is 18.3. The van der Waals surface area contributed by atoms with Crippen LogP contribution in [-0.4, -0.2) is 73.3 Å². The Hall–Kier alpha value is -0.990. The van der Waals surface area contributed by atoms with Gasteiger partial charge in [-0.25, -0.2) is 24.3 Å². The normalized spacial score (nSPS) is 9.58. The third kappa shape index (κ3) is 19.9. The van der Waals surface area contributed by atoms with Crippen molar-refractivity contribution >= 4 is 17.4 Å². The molecule has 256 valence electrons. The molecule has 0 aliphatic rings. The predicted molar refractivity (Wildman–Crippen MR) is 190 cm³/mol. The minimum Gasteiger partial charge on any atom is -0.489 e. The van der Waals surface area contributed by atoms with Crippen LogP contribution in [0.2, 0.25) is 0 Å². The average molecular weight is 996 g/mol. The van der Waals surface area contributed by atoms with Crippen LogP contribution in [-0.2, 0) is 67.5 Å². The van der Waals surface area contributed by atoms with E-state index in [2.05, 4.69) is 100.0 Å². The number of nitrogens with zero attached hydrogens (tertiary/aromatic N) is 3. The van der Waals surface area contributed by atoms with Gasteiger partial charge in [0.2, 0.25) is 0 Å². The molecular weight excluding hydrogens is 933 g/mol. The van der Waals surface area contributed by atoms with Crippen LogP contribution in [0.25, 0.3) is 0 Å². The van der Waals surface area contributed by atoms with Crippen molar-refractivity contribution in [3.8, 4) is 0 Å². The van der Waals surface area contributed by atoms with Crippen LogP contribution in [0.5, 0.6) is 0 Å². The standard InChI is InChI=1S/C15H21O3Si.C12H24N3Si.6CH3.2Pt/c1-12(2)16-19(17-13(3)4,18-14(5)6)11-15-9-7-8-10-15;1-13(2)16(14(3)4,15(5)6)11-12-9-7-8-10-12;;;;;;;;/h7-10H,1,3,5,11H2,2,4,6H3;7-10H,11H2,1-6H3;6*1H3;;/q8*-1;2*+4. The Bertz CT molecular complexity index is 871. The maximum absolute atomic E-state index is 5.81. The number of hydrogen-bond donors (Lipinski definition) is 0. The maximum atomic E-state index is 5.81. The third-order valence-corrected chi connectivity index (χ3v) is 13.5. The van der Waals surface area contributed by atoms with Crippen LogP contribution in [0.15, 0.2) is 85.5 Å². The molecule has 43 heavy (non-hydrogen) atoms. The molecule has 6 nitrogen and oxygen atoms in total. The molecule has 0 unspecified atom stereocenters. The Morgan fingerprint density at radius 3 is 0.977 bits per heavy atom. The monoisotopic (exact) mass is 995 g/mol. The average Bonchev–Trinajstić information content (AvgIpc) is 3.37. The van der Waals surface area contributed by atoms with Crippen molar-refractivity contribution in [1.82, 2.24) is 13.7 Å². The van der Waals surface area contributed by atoms with E-state index < -0.39 is 17.4 Å². The van der Waals surface area contributed by atoms with E-state index in [1.807, 2.05) is 24.3 Å². The first kappa shape index (κ1) is 61.1.